The molecule has 1 amide bonds. The summed E-state index contributed by atoms with van der Waals surface area (Å²) in [5, 5.41) is 3.04. The molecule has 1 N–H and O–H groups in total. The van der Waals surface area contributed by atoms with E-state index in [-0.39, 0.29) is 11.4 Å². The topological polar surface area (TPSA) is 63.5 Å². The summed E-state index contributed by atoms with van der Waals surface area (Å²) in [7, 11) is 0. The van der Waals surface area contributed by atoms with Crippen molar-refractivity contribution in [2.75, 3.05) is 5.32 Å². The summed E-state index contributed by atoms with van der Waals surface area (Å²) in [6.07, 6.45) is 1.66. The van der Waals surface area contributed by atoms with Gasteiger partial charge in [-0.1, -0.05) is 12.1 Å². The van der Waals surface area contributed by atoms with Crippen LogP contribution in [-0.2, 0) is 0 Å². The fourth-order valence-corrected chi connectivity index (χ4v) is 3.65. The van der Waals surface area contributed by atoms with Gasteiger partial charge in [-0.15, -0.1) is 11.3 Å². The summed E-state index contributed by atoms with van der Waals surface area (Å²) in [5.41, 5.74) is 2.09. The Labute approximate surface area is 151 Å². The van der Waals surface area contributed by atoms with Crippen LogP contribution in [-0.4, -0.2) is 15.3 Å². The van der Waals surface area contributed by atoms with Crippen LogP contribution in [0.3, 0.4) is 0 Å². The summed E-state index contributed by atoms with van der Waals surface area (Å²) < 4.78 is 15.1. The molecule has 0 aliphatic rings. The second-order valence-corrected chi connectivity index (χ2v) is 7.08. The fourth-order valence-electron chi connectivity index (χ4n) is 2.73. The van der Waals surface area contributed by atoms with E-state index in [0.29, 0.717) is 32.0 Å². The van der Waals surface area contributed by atoms with Crippen molar-refractivity contribution in [3.8, 4) is 0 Å². The number of aryl methyl sites for hydroxylation is 2. The minimum absolute atomic E-state index is 0.217. The van der Waals surface area contributed by atoms with Gasteiger partial charge in [0, 0.05) is 11.9 Å². The maximum atomic E-state index is 13.6. The number of fused-ring (bicyclic) bond motifs is 2. The Bertz CT molecular complexity index is 1240. The highest BCUT2D eigenvalue weighted by molar-refractivity contribution is 7.20. The lowest BCUT2D eigenvalue weighted by molar-refractivity contribution is 0.103. The molecule has 0 radical (unpaired) electrons. The van der Waals surface area contributed by atoms with Crippen LogP contribution in [0.1, 0.15) is 20.8 Å². The van der Waals surface area contributed by atoms with Gasteiger partial charge < -0.3 is 5.32 Å². The van der Waals surface area contributed by atoms with Gasteiger partial charge in [-0.05, 0) is 49.2 Å². The van der Waals surface area contributed by atoms with E-state index in [9.17, 15) is 14.0 Å². The molecule has 0 fully saturated rings. The van der Waals surface area contributed by atoms with Crippen molar-refractivity contribution in [3.63, 3.8) is 0 Å². The molecule has 3 heterocycles. The molecule has 0 saturated carbocycles. The van der Waals surface area contributed by atoms with Crippen molar-refractivity contribution < 1.29 is 9.18 Å². The fraction of sp³-hybridized carbons (Fsp3) is 0.105. The van der Waals surface area contributed by atoms with Gasteiger partial charge in [0.25, 0.3) is 11.5 Å². The molecule has 130 valence electrons. The molecule has 0 spiro atoms. The lowest BCUT2D eigenvalue weighted by Gasteiger charge is -2.04. The van der Waals surface area contributed by atoms with Crippen LogP contribution in [0.5, 0.6) is 0 Å². The smallest absolute Gasteiger partial charge is 0.266 e. The predicted molar refractivity (Wildman–Crippen MR) is 101 cm³/mol. The van der Waals surface area contributed by atoms with Crippen LogP contribution in [0.25, 0.3) is 15.9 Å². The van der Waals surface area contributed by atoms with E-state index in [1.54, 1.807) is 31.3 Å². The number of amides is 1. The largest absolute Gasteiger partial charge is 0.321 e. The summed E-state index contributed by atoms with van der Waals surface area (Å²) in [4.78, 5) is 30.5. The zero-order chi connectivity index (χ0) is 18.4. The number of anilines is 1. The van der Waals surface area contributed by atoms with E-state index < -0.39 is 5.91 Å². The molecular weight excluding hydrogens is 353 g/mol. The summed E-state index contributed by atoms with van der Waals surface area (Å²) in [5.74, 6) is -0.790. The minimum atomic E-state index is -0.401. The van der Waals surface area contributed by atoms with E-state index >= 15 is 0 Å². The normalized spacial score (nSPS) is 11.2. The third-order valence-corrected chi connectivity index (χ3v) is 5.21. The molecule has 5 nitrogen and oxygen atoms in total. The summed E-state index contributed by atoms with van der Waals surface area (Å²) in [6, 6.07) is 9.69. The van der Waals surface area contributed by atoms with Gasteiger partial charge in [0.1, 0.15) is 16.3 Å². The average molecular weight is 367 g/mol. The molecule has 0 atom stereocenters. The average Bonchev–Trinajstić information content (AvgIpc) is 3.04. The highest BCUT2D eigenvalue weighted by Gasteiger charge is 2.16. The van der Waals surface area contributed by atoms with Gasteiger partial charge in [-0.25, -0.2) is 9.37 Å². The van der Waals surface area contributed by atoms with Crippen LogP contribution < -0.4 is 10.9 Å². The second kappa shape index (κ2) is 6.03. The SMILES string of the molecule is Cc1ccc(NC(=O)c2cc3c(=O)n4cccc(C)c4nc3s2)cc1F. The first kappa shape index (κ1) is 16.4. The number of nitrogens with zero attached hydrogens (tertiary/aromatic N) is 2. The molecular formula is C19H14FN3O2S. The number of hydrogen-bond acceptors (Lipinski definition) is 4. The Balaban J connectivity index is 1.77. The number of aromatic nitrogens is 2. The van der Waals surface area contributed by atoms with E-state index in [0.717, 1.165) is 16.9 Å². The Kier molecular flexibility index (Phi) is 3.81. The first-order chi connectivity index (χ1) is 12.4. The number of benzene rings is 1. The Morgan fingerprint density at radius 2 is 2.00 bits per heavy atom. The van der Waals surface area contributed by atoms with Crippen molar-refractivity contribution in [1.29, 1.82) is 0 Å². The van der Waals surface area contributed by atoms with Crippen LogP contribution in [0, 0.1) is 19.7 Å². The van der Waals surface area contributed by atoms with Crippen LogP contribution >= 0.6 is 11.3 Å². The van der Waals surface area contributed by atoms with Crippen LogP contribution in [0.2, 0.25) is 0 Å². The molecule has 0 unspecified atom stereocenters. The Morgan fingerprint density at radius 3 is 2.77 bits per heavy atom. The molecule has 4 rings (SSSR count). The number of thiophene rings is 1. The highest BCUT2D eigenvalue weighted by atomic mass is 32.1. The number of nitrogens with one attached hydrogen (secondary N) is 1. The molecule has 26 heavy (non-hydrogen) atoms. The third-order valence-electron chi connectivity index (χ3n) is 4.18. The number of rotatable bonds is 2. The number of carbonyl (C=O) groups is 1. The van der Waals surface area contributed by atoms with E-state index in [2.05, 4.69) is 10.3 Å². The zero-order valence-corrected chi connectivity index (χ0v) is 14.9. The van der Waals surface area contributed by atoms with Crippen LogP contribution in [0.15, 0.2) is 47.4 Å². The van der Waals surface area contributed by atoms with E-state index in [4.69, 9.17) is 0 Å². The first-order valence-electron chi connectivity index (χ1n) is 7.93. The lowest BCUT2D eigenvalue weighted by atomic mass is 10.2. The van der Waals surface area contributed by atoms with Gasteiger partial charge in [-0.3, -0.25) is 14.0 Å². The first-order valence-corrected chi connectivity index (χ1v) is 8.75. The van der Waals surface area contributed by atoms with Crippen molar-refractivity contribution >= 4 is 38.8 Å². The standard InChI is InChI=1S/C19H14FN3O2S/c1-10-5-6-12(8-14(10)20)21-17(24)15-9-13-18(26-15)22-16-11(2)4-3-7-23(16)19(13)25/h3-9H,1-2H3,(H,21,24). The zero-order valence-electron chi connectivity index (χ0n) is 14.0. The Hall–Kier alpha value is -3.06. The van der Waals surface area contributed by atoms with Crippen molar-refractivity contribution in [1.82, 2.24) is 9.38 Å². The minimum Gasteiger partial charge on any atom is -0.321 e. The molecule has 4 aromatic rings. The summed E-state index contributed by atoms with van der Waals surface area (Å²) >= 11 is 1.14. The van der Waals surface area contributed by atoms with Crippen molar-refractivity contribution in [2.24, 2.45) is 0 Å². The third kappa shape index (κ3) is 2.66. The number of pyridine rings is 1. The monoisotopic (exact) mass is 367 g/mol. The van der Waals surface area contributed by atoms with E-state index in [1.807, 2.05) is 13.0 Å². The quantitative estimate of drug-likeness (QED) is 0.584. The lowest BCUT2D eigenvalue weighted by Crippen LogP contribution is -2.14. The molecule has 0 aliphatic carbocycles. The van der Waals surface area contributed by atoms with Gasteiger partial charge in [-0.2, -0.15) is 0 Å². The number of halogens is 1. The molecule has 0 bridgehead atoms. The Morgan fingerprint density at radius 1 is 1.19 bits per heavy atom. The van der Waals surface area contributed by atoms with Crippen molar-refractivity contribution in [2.45, 2.75) is 13.8 Å². The summed E-state index contributed by atoms with van der Waals surface area (Å²) in [6.45, 7) is 3.53. The van der Waals surface area contributed by atoms with Gasteiger partial charge in [0.15, 0.2) is 0 Å². The van der Waals surface area contributed by atoms with Crippen LogP contribution in [0.4, 0.5) is 10.1 Å². The van der Waals surface area contributed by atoms with Gasteiger partial charge >= 0.3 is 0 Å². The maximum Gasteiger partial charge on any atom is 0.266 e. The molecule has 3 aromatic heterocycles. The molecule has 7 heteroatoms. The predicted octanol–water partition coefficient (Wildman–Crippen LogP) is 3.92. The number of carbonyl (C=O) groups excluding carboxylic acids is 1. The maximum absolute atomic E-state index is 13.6. The molecule has 0 saturated heterocycles. The highest BCUT2D eigenvalue weighted by Crippen LogP contribution is 2.24. The number of hydrogen-bond donors (Lipinski definition) is 1. The second-order valence-electron chi connectivity index (χ2n) is 6.05. The van der Waals surface area contributed by atoms with Gasteiger partial charge in [0.2, 0.25) is 0 Å². The van der Waals surface area contributed by atoms with Gasteiger partial charge in [0.05, 0.1) is 10.3 Å². The molecule has 0 aliphatic heterocycles. The van der Waals surface area contributed by atoms with Crippen molar-refractivity contribution in [3.05, 3.63) is 74.8 Å². The van der Waals surface area contributed by atoms with E-state index in [1.165, 1.54) is 16.5 Å². The molecule has 1 aromatic carbocycles.